The number of nitrogens with zero attached hydrogens (tertiary/aromatic N) is 2. The Morgan fingerprint density at radius 2 is 1.59 bits per heavy atom. The van der Waals surface area contributed by atoms with Crippen LogP contribution in [0.2, 0.25) is 5.15 Å². The maximum Gasteiger partial charge on any atom is 0.343 e. The summed E-state index contributed by atoms with van der Waals surface area (Å²) in [5.74, 6) is -2.19. The number of Topliss-reactive ketones (excluding diaryl/α,β-unsaturated/α-hetero) is 1. The predicted octanol–water partition coefficient (Wildman–Crippen LogP) is 4.15. The van der Waals surface area contributed by atoms with Crippen molar-refractivity contribution in [2.75, 3.05) is 6.61 Å². The number of aryl methyl sites for hydroxylation is 1. The standard InChI is InChI=1S/C19H13ClF2N2O3/c1-11-17(18(20)24(23-11)15-8-6-14(22)7-9-15)19(26)27-10-16(25)12-2-4-13(21)5-3-12/h2-9H,10H2,1H3. The molecule has 0 saturated carbocycles. The highest BCUT2D eigenvalue weighted by Crippen LogP contribution is 2.24. The fourth-order valence-corrected chi connectivity index (χ4v) is 2.76. The van der Waals surface area contributed by atoms with Gasteiger partial charge in [-0.2, -0.15) is 5.10 Å². The zero-order valence-electron chi connectivity index (χ0n) is 14.1. The SMILES string of the molecule is Cc1nn(-c2ccc(F)cc2)c(Cl)c1C(=O)OCC(=O)c1ccc(F)cc1. The Bertz CT molecular complexity index is 999. The molecule has 3 rings (SSSR count). The van der Waals surface area contributed by atoms with Crippen molar-refractivity contribution in [3.8, 4) is 5.69 Å². The third kappa shape index (κ3) is 4.03. The Morgan fingerprint density at radius 1 is 1.04 bits per heavy atom. The molecule has 2 aromatic carbocycles. The van der Waals surface area contributed by atoms with E-state index in [1.54, 1.807) is 6.92 Å². The number of aromatic nitrogens is 2. The minimum Gasteiger partial charge on any atom is -0.454 e. The average Bonchev–Trinajstić information content (AvgIpc) is 2.95. The van der Waals surface area contributed by atoms with E-state index in [1.165, 1.54) is 41.1 Å². The van der Waals surface area contributed by atoms with Crippen LogP contribution in [0.1, 0.15) is 26.4 Å². The highest BCUT2D eigenvalue weighted by Gasteiger charge is 2.23. The summed E-state index contributed by atoms with van der Waals surface area (Å²) in [5, 5.41) is 4.15. The van der Waals surface area contributed by atoms with Crippen molar-refractivity contribution in [2.45, 2.75) is 6.92 Å². The lowest BCUT2D eigenvalue weighted by atomic mass is 10.1. The number of carbonyl (C=O) groups is 2. The number of hydrogen-bond donors (Lipinski definition) is 0. The van der Waals surface area contributed by atoms with E-state index in [9.17, 15) is 18.4 Å². The normalized spacial score (nSPS) is 10.7. The molecular formula is C19H13ClF2N2O3. The Kier molecular flexibility index (Phi) is 5.32. The van der Waals surface area contributed by atoms with Gasteiger partial charge in [0.1, 0.15) is 22.4 Å². The monoisotopic (exact) mass is 390 g/mol. The van der Waals surface area contributed by atoms with Crippen molar-refractivity contribution in [1.82, 2.24) is 9.78 Å². The van der Waals surface area contributed by atoms with E-state index >= 15 is 0 Å². The van der Waals surface area contributed by atoms with Crippen LogP contribution < -0.4 is 0 Å². The van der Waals surface area contributed by atoms with Crippen LogP contribution in [0.4, 0.5) is 8.78 Å². The average molecular weight is 391 g/mol. The summed E-state index contributed by atoms with van der Waals surface area (Å²) in [5.41, 5.74) is 0.983. The largest absolute Gasteiger partial charge is 0.454 e. The smallest absolute Gasteiger partial charge is 0.343 e. The second kappa shape index (κ2) is 7.67. The van der Waals surface area contributed by atoms with Crippen molar-refractivity contribution in [3.05, 3.63) is 82.1 Å². The molecule has 0 aliphatic heterocycles. The zero-order chi connectivity index (χ0) is 19.6. The Balaban J connectivity index is 1.76. The van der Waals surface area contributed by atoms with Crippen LogP contribution in [0.5, 0.6) is 0 Å². The van der Waals surface area contributed by atoms with E-state index in [2.05, 4.69) is 5.10 Å². The molecule has 1 aromatic heterocycles. The van der Waals surface area contributed by atoms with E-state index < -0.39 is 30.0 Å². The Labute approximate surface area is 158 Å². The number of hydrogen-bond acceptors (Lipinski definition) is 4. The third-order valence-corrected chi connectivity index (χ3v) is 4.13. The fraction of sp³-hybridized carbons (Fsp3) is 0.105. The number of ketones is 1. The first-order valence-corrected chi connectivity index (χ1v) is 8.21. The van der Waals surface area contributed by atoms with Crippen molar-refractivity contribution >= 4 is 23.4 Å². The fourth-order valence-electron chi connectivity index (χ4n) is 2.41. The third-order valence-electron chi connectivity index (χ3n) is 3.78. The van der Waals surface area contributed by atoms with Gasteiger partial charge in [-0.05, 0) is 55.5 Å². The van der Waals surface area contributed by atoms with E-state index in [-0.39, 0.29) is 16.3 Å². The van der Waals surface area contributed by atoms with E-state index in [4.69, 9.17) is 16.3 Å². The summed E-state index contributed by atoms with van der Waals surface area (Å²) < 4.78 is 32.3. The van der Waals surface area contributed by atoms with Crippen LogP contribution in [-0.4, -0.2) is 28.1 Å². The summed E-state index contributed by atoms with van der Waals surface area (Å²) >= 11 is 6.23. The number of esters is 1. The molecule has 138 valence electrons. The summed E-state index contributed by atoms with van der Waals surface area (Å²) in [6, 6.07) is 10.3. The highest BCUT2D eigenvalue weighted by molar-refractivity contribution is 6.33. The first-order valence-electron chi connectivity index (χ1n) is 7.84. The van der Waals surface area contributed by atoms with Crippen molar-refractivity contribution < 1.29 is 23.1 Å². The molecule has 0 fully saturated rings. The molecule has 0 unspecified atom stereocenters. The summed E-state index contributed by atoms with van der Waals surface area (Å²) in [6.07, 6.45) is 0. The van der Waals surface area contributed by atoms with Crippen LogP contribution in [0.25, 0.3) is 5.69 Å². The van der Waals surface area contributed by atoms with Gasteiger partial charge in [-0.3, -0.25) is 4.79 Å². The summed E-state index contributed by atoms with van der Waals surface area (Å²) in [4.78, 5) is 24.4. The number of benzene rings is 2. The molecule has 0 radical (unpaired) electrons. The lowest BCUT2D eigenvalue weighted by Gasteiger charge is -2.05. The zero-order valence-corrected chi connectivity index (χ0v) is 14.8. The van der Waals surface area contributed by atoms with E-state index in [0.717, 1.165) is 12.1 Å². The second-order valence-corrected chi connectivity index (χ2v) is 6.00. The maximum absolute atomic E-state index is 13.1. The molecule has 0 amide bonds. The molecule has 0 bridgehead atoms. The minimum atomic E-state index is -0.818. The molecule has 0 saturated heterocycles. The lowest BCUT2D eigenvalue weighted by Crippen LogP contribution is -2.15. The molecule has 1 heterocycles. The Morgan fingerprint density at radius 3 is 2.19 bits per heavy atom. The van der Waals surface area contributed by atoms with Crippen LogP contribution >= 0.6 is 11.6 Å². The van der Waals surface area contributed by atoms with E-state index in [0.29, 0.717) is 11.4 Å². The van der Waals surface area contributed by atoms with Crippen LogP contribution in [0.15, 0.2) is 48.5 Å². The van der Waals surface area contributed by atoms with Gasteiger partial charge in [-0.15, -0.1) is 0 Å². The number of carbonyl (C=O) groups excluding carboxylic acids is 2. The lowest BCUT2D eigenvalue weighted by molar-refractivity contribution is 0.0474. The Hall–Kier alpha value is -3.06. The van der Waals surface area contributed by atoms with Gasteiger partial charge in [-0.1, -0.05) is 11.6 Å². The van der Waals surface area contributed by atoms with Gasteiger partial charge in [0.15, 0.2) is 12.4 Å². The van der Waals surface area contributed by atoms with Gasteiger partial charge in [-0.25, -0.2) is 18.3 Å². The van der Waals surface area contributed by atoms with E-state index in [1.807, 2.05) is 0 Å². The summed E-state index contributed by atoms with van der Waals surface area (Å²) in [6.45, 7) is 1.03. The molecule has 3 aromatic rings. The molecule has 0 aliphatic rings. The molecule has 5 nitrogen and oxygen atoms in total. The molecule has 27 heavy (non-hydrogen) atoms. The van der Waals surface area contributed by atoms with Crippen molar-refractivity contribution in [1.29, 1.82) is 0 Å². The number of halogens is 3. The van der Waals surface area contributed by atoms with Gasteiger partial charge in [0, 0.05) is 5.56 Å². The molecule has 0 aliphatic carbocycles. The maximum atomic E-state index is 13.1. The molecule has 8 heteroatoms. The van der Waals surface area contributed by atoms with Crippen molar-refractivity contribution in [2.24, 2.45) is 0 Å². The van der Waals surface area contributed by atoms with Gasteiger partial charge in [0.05, 0.1) is 11.4 Å². The predicted molar refractivity (Wildman–Crippen MR) is 94.3 cm³/mol. The first kappa shape index (κ1) is 18.7. The van der Waals surface area contributed by atoms with Gasteiger partial charge >= 0.3 is 5.97 Å². The quantitative estimate of drug-likeness (QED) is 0.485. The van der Waals surface area contributed by atoms with Crippen LogP contribution in [0.3, 0.4) is 0 Å². The number of ether oxygens (including phenoxy) is 1. The molecule has 0 spiro atoms. The molecule has 0 atom stereocenters. The molecule has 0 N–H and O–H groups in total. The first-order chi connectivity index (χ1) is 12.9. The topological polar surface area (TPSA) is 61.2 Å². The molecular weight excluding hydrogens is 378 g/mol. The van der Waals surface area contributed by atoms with Gasteiger partial charge in [0.25, 0.3) is 0 Å². The van der Waals surface area contributed by atoms with Gasteiger partial charge in [0.2, 0.25) is 0 Å². The van der Waals surface area contributed by atoms with Crippen LogP contribution in [-0.2, 0) is 4.74 Å². The summed E-state index contributed by atoms with van der Waals surface area (Å²) in [7, 11) is 0. The minimum absolute atomic E-state index is 0.00731. The highest BCUT2D eigenvalue weighted by atomic mass is 35.5. The van der Waals surface area contributed by atoms with Gasteiger partial charge < -0.3 is 4.74 Å². The number of rotatable bonds is 5. The van der Waals surface area contributed by atoms with Crippen molar-refractivity contribution in [3.63, 3.8) is 0 Å². The van der Waals surface area contributed by atoms with Crippen LogP contribution in [0, 0.1) is 18.6 Å². The second-order valence-electron chi connectivity index (χ2n) is 5.65.